The smallest absolute Gasteiger partial charge is 0.273 e. The summed E-state index contributed by atoms with van der Waals surface area (Å²) in [7, 11) is -1.46. The SMILES string of the molecule is C[Si](C)(O[SiH3])[SiH]=O. The minimum atomic E-state index is -1.56. The van der Waals surface area contributed by atoms with Gasteiger partial charge in [0.15, 0.2) is 0 Å². The van der Waals surface area contributed by atoms with Crippen molar-refractivity contribution >= 4 is 27.2 Å². The van der Waals surface area contributed by atoms with Crippen LogP contribution in [0.25, 0.3) is 0 Å². The minimum Gasteiger partial charge on any atom is -0.462 e. The molecule has 0 amide bonds. The van der Waals surface area contributed by atoms with Crippen LogP contribution in [0.15, 0.2) is 0 Å². The maximum absolute atomic E-state index is 10.2. The number of hydrogen-bond donors (Lipinski definition) is 0. The number of hydrogen-bond acceptors (Lipinski definition) is 2. The molecule has 0 fully saturated rings. The standard InChI is InChI=1S/C2H10O2Si3/c1-7(2,4-5)6-3/h6H,1-2,5H3. The fourth-order valence-corrected chi connectivity index (χ4v) is 1.30. The summed E-state index contributed by atoms with van der Waals surface area (Å²) in [6.07, 6.45) is 0. The van der Waals surface area contributed by atoms with Crippen molar-refractivity contribution in [1.29, 1.82) is 0 Å². The van der Waals surface area contributed by atoms with E-state index in [0.717, 1.165) is 10.5 Å². The first-order valence-corrected chi connectivity index (χ1v) is 8.14. The first-order chi connectivity index (χ1) is 3.12. The molecule has 0 aromatic carbocycles. The van der Waals surface area contributed by atoms with Gasteiger partial charge >= 0.3 is 0 Å². The molecule has 0 saturated carbocycles. The van der Waals surface area contributed by atoms with Gasteiger partial charge in [-0.3, -0.25) is 0 Å². The van der Waals surface area contributed by atoms with Gasteiger partial charge in [0.05, 0.1) is 0 Å². The Morgan fingerprint density at radius 3 is 2.14 bits per heavy atom. The average Bonchev–Trinajstić information content (AvgIpc) is 1.68. The van der Waals surface area contributed by atoms with Gasteiger partial charge in [-0.1, -0.05) is 0 Å². The largest absolute Gasteiger partial charge is 0.462 e. The van der Waals surface area contributed by atoms with E-state index in [-0.39, 0.29) is 0 Å². The molecule has 0 rings (SSSR count). The fraction of sp³-hybridized carbons (Fsp3) is 1.00. The van der Waals surface area contributed by atoms with E-state index in [0.29, 0.717) is 0 Å². The molecule has 0 radical (unpaired) electrons. The molecule has 0 bridgehead atoms. The zero-order valence-corrected chi connectivity index (χ0v) is 9.05. The van der Waals surface area contributed by atoms with Crippen molar-refractivity contribution in [3.05, 3.63) is 0 Å². The van der Waals surface area contributed by atoms with Crippen LogP contribution in [0.4, 0.5) is 0 Å². The summed E-state index contributed by atoms with van der Waals surface area (Å²) in [6, 6.07) is 0. The third-order valence-corrected chi connectivity index (χ3v) is 9.41. The molecule has 42 valence electrons. The summed E-state index contributed by atoms with van der Waals surface area (Å²) in [6.45, 7) is 3.95. The predicted molar refractivity (Wildman–Crippen MR) is 36.3 cm³/mol. The lowest BCUT2D eigenvalue weighted by atomic mass is 11.9. The number of rotatable bonds is 2. The van der Waals surface area contributed by atoms with E-state index in [1.54, 1.807) is 0 Å². The third-order valence-electron chi connectivity index (χ3n) is 0.810. The third kappa shape index (κ3) is 3.03. The highest BCUT2D eigenvalue weighted by Crippen LogP contribution is 1.92. The second-order valence-electron chi connectivity index (χ2n) is 1.93. The molecule has 0 unspecified atom stereocenters. The van der Waals surface area contributed by atoms with E-state index < -0.39 is 16.8 Å². The summed E-state index contributed by atoms with van der Waals surface area (Å²) >= 11 is 0. The molecular weight excluding hydrogens is 140 g/mol. The predicted octanol–water partition coefficient (Wildman–Crippen LogP) is -1.23. The molecule has 0 heterocycles. The Morgan fingerprint density at radius 2 is 2.14 bits per heavy atom. The van der Waals surface area contributed by atoms with Crippen LogP contribution < -0.4 is 0 Å². The maximum Gasteiger partial charge on any atom is 0.273 e. The monoisotopic (exact) mass is 150 g/mol. The highest BCUT2D eigenvalue weighted by atomic mass is 29.2. The summed E-state index contributed by atoms with van der Waals surface area (Å²) < 4.78 is 15.3. The molecule has 0 atom stereocenters. The van der Waals surface area contributed by atoms with Crippen molar-refractivity contribution in [3.8, 4) is 0 Å². The van der Waals surface area contributed by atoms with Gasteiger partial charge in [-0.2, -0.15) is 0 Å². The van der Waals surface area contributed by atoms with E-state index in [2.05, 4.69) is 0 Å². The summed E-state index contributed by atoms with van der Waals surface area (Å²) in [5.41, 5.74) is 0. The second-order valence-corrected chi connectivity index (χ2v) is 11.9. The molecule has 0 saturated heterocycles. The van der Waals surface area contributed by atoms with Crippen LogP contribution in [0.2, 0.25) is 13.1 Å². The van der Waals surface area contributed by atoms with Gasteiger partial charge in [-0.05, 0) is 13.1 Å². The molecule has 0 aliphatic carbocycles. The van der Waals surface area contributed by atoms with E-state index in [9.17, 15) is 4.46 Å². The Labute approximate surface area is 49.6 Å². The Balaban J connectivity index is 3.58. The minimum absolute atomic E-state index is 0.635. The van der Waals surface area contributed by atoms with Gasteiger partial charge < -0.3 is 8.58 Å². The molecule has 0 aromatic heterocycles. The topological polar surface area (TPSA) is 26.3 Å². The molecule has 0 aliphatic heterocycles. The molecular formula is C2H10O2Si3. The molecule has 2 nitrogen and oxygen atoms in total. The summed E-state index contributed by atoms with van der Waals surface area (Å²) in [5, 5.41) is 0. The van der Waals surface area contributed by atoms with Crippen LogP contribution in [-0.4, -0.2) is 27.2 Å². The van der Waals surface area contributed by atoms with Gasteiger partial charge in [-0.25, -0.2) is 0 Å². The van der Waals surface area contributed by atoms with E-state index in [1.807, 2.05) is 13.1 Å². The fourth-order valence-electron chi connectivity index (χ4n) is 0.0481. The van der Waals surface area contributed by atoms with Crippen molar-refractivity contribution in [2.24, 2.45) is 0 Å². The lowest BCUT2D eigenvalue weighted by Crippen LogP contribution is -2.32. The Hall–Kier alpha value is 0.411. The van der Waals surface area contributed by atoms with Crippen LogP contribution in [0.3, 0.4) is 0 Å². The van der Waals surface area contributed by atoms with Crippen LogP contribution >= 0.6 is 0 Å². The van der Waals surface area contributed by atoms with E-state index in [4.69, 9.17) is 4.12 Å². The van der Waals surface area contributed by atoms with Crippen LogP contribution in [0.1, 0.15) is 0 Å². The van der Waals surface area contributed by atoms with Crippen molar-refractivity contribution in [2.45, 2.75) is 13.1 Å². The molecule has 5 heteroatoms. The molecule has 0 aromatic rings. The van der Waals surface area contributed by atoms with Crippen molar-refractivity contribution in [3.63, 3.8) is 0 Å². The maximum atomic E-state index is 10.2. The summed E-state index contributed by atoms with van der Waals surface area (Å²) in [4.78, 5) is 0. The molecule has 7 heavy (non-hydrogen) atoms. The van der Waals surface area contributed by atoms with Crippen LogP contribution in [-0.2, 0) is 8.58 Å². The molecule has 0 aliphatic rings. The second kappa shape index (κ2) is 2.65. The Bertz CT molecular complexity index is 71.3. The Kier molecular flexibility index (Phi) is 2.81. The normalized spacial score (nSPS) is 11.7. The van der Waals surface area contributed by atoms with E-state index >= 15 is 0 Å². The first kappa shape index (κ1) is 7.41. The van der Waals surface area contributed by atoms with Gasteiger partial charge in [-0.15, -0.1) is 0 Å². The lowest BCUT2D eigenvalue weighted by Gasteiger charge is -2.09. The molecule has 0 N–H and O–H groups in total. The van der Waals surface area contributed by atoms with Crippen molar-refractivity contribution in [1.82, 2.24) is 0 Å². The van der Waals surface area contributed by atoms with Crippen molar-refractivity contribution in [2.75, 3.05) is 0 Å². The zero-order valence-electron chi connectivity index (χ0n) is 4.89. The van der Waals surface area contributed by atoms with Crippen LogP contribution in [0.5, 0.6) is 0 Å². The first-order valence-electron chi connectivity index (χ1n) is 2.14. The van der Waals surface area contributed by atoms with Gasteiger partial charge in [0.1, 0.15) is 10.5 Å². The Morgan fingerprint density at radius 1 is 1.71 bits per heavy atom. The average molecular weight is 150 g/mol. The van der Waals surface area contributed by atoms with Crippen LogP contribution in [0, 0.1) is 0 Å². The van der Waals surface area contributed by atoms with E-state index in [1.165, 1.54) is 0 Å². The van der Waals surface area contributed by atoms with Gasteiger partial charge in [0.2, 0.25) is 7.83 Å². The zero-order chi connectivity index (χ0) is 5.91. The van der Waals surface area contributed by atoms with Gasteiger partial charge in [0, 0.05) is 0 Å². The van der Waals surface area contributed by atoms with Crippen molar-refractivity contribution < 1.29 is 8.58 Å². The highest BCUT2D eigenvalue weighted by molar-refractivity contribution is 7.15. The highest BCUT2D eigenvalue weighted by Gasteiger charge is 2.18. The molecule has 0 spiro atoms. The quantitative estimate of drug-likeness (QED) is 0.461. The summed E-state index contributed by atoms with van der Waals surface area (Å²) in [5.74, 6) is 0. The lowest BCUT2D eigenvalue weighted by molar-refractivity contribution is 0.570. The van der Waals surface area contributed by atoms with Gasteiger partial charge in [0.25, 0.3) is 8.92 Å².